The molecule has 0 aliphatic carbocycles. The number of amides is 1. The summed E-state index contributed by atoms with van der Waals surface area (Å²) in [5.41, 5.74) is 1.89. The van der Waals surface area contributed by atoms with Crippen molar-refractivity contribution in [3.63, 3.8) is 0 Å². The molecule has 1 N–H and O–H groups in total. The number of halogens is 1. The largest absolute Gasteiger partial charge is 0.503 e. The molecule has 140 valence electrons. The van der Waals surface area contributed by atoms with Gasteiger partial charge >= 0.3 is 0 Å². The minimum absolute atomic E-state index is 0.146. The molecule has 0 saturated carbocycles. The van der Waals surface area contributed by atoms with E-state index in [2.05, 4.69) is 15.9 Å². The lowest BCUT2D eigenvalue weighted by Gasteiger charge is -2.27. The normalized spacial score (nSPS) is 16.9. The van der Waals surface area contributed by atoms with Crippen molar-refractivity contribution < 1.29 is 14.7 Å². The standard InChI is InChI=1S/C23H18BrNO3/c1-14(26)20-21(16-9-11-18(24)12-10-16)25(23(28)22(20)27)13-17-7-4-6-15-5-2-3-8-19(15)17/h2-12,21,27H,13H2,1H3. The van der Waals surface area contributed by atoms with Gasteiger partial charge in [0.25, 0.3) is 5.91 Å². The van der Waals surface area contributed by atoms with E-state index in [-0.39, 0.29) is 11.4 Å². The summed E-state index contributed by atoms with van der Waals surface area (Å²) in [6, 6.07) is 20.7. The lowest BCUT2D eigenvalue weighted by molar-refractivity contribution is -0.130. The predicted octanol–water partition coefficient (Wildman–Crippen LogP) is 5.09. The molecule has 5 heteroatoms. The highest BCUT2D eigenvalue weighted by molar-refractivity contribution is 9.10. The summed E-state index contributed by atoms with van der Waals surface area (Å²) in [6.07, 6.45) is 0. The minimum Gasteiger partial charge on any atom is -0.503 e. The van der Waals surface area contributed by atoms with Crippen LogP contribution in [0.25, 0.3) is 10.8 Å². The molecule has 3 aromatic carbocycles. The Kier molecular flexibility index (Phi) is 4.77. The van der Waals surface area contributed by atoms with Gasteiger partial charge in [-0.3, -0.25) is 9.59 Å². The van der Waals surface area contributed by atoms with Gasteiger partial charge in [0.05, 0.1) is 11.6 Å². The van der Waals surface area contributed by atoms with Crippen molar-refractivity contribution >= 4 is 38.4 Å². The number of aliphatic hydroxyl groups excluding tert-OH is 1. The first kappa shape index (κ1) is 18.4. The molecule has 1 heterocycles. The zero-order chi connectivity index (χ0) is 19.8. The van der Waals surface area contributed by atoms with Gasteiger partial charge in [-0.1, -0.05) is 70.5 Å². The molecule has 0 fully saturated rings. The van der Waals surface area contributed by atoms with E-state index in [1.165, 1.54) is 6.92 Å². The summed E-state index contributed by atoms with van der Waals surface area (Å²) in [5.74, 6) is -1.29. The lowest BCUT2D eigenvalue weighted by Crippen LogP contribution is -2.30. The zero-order valence-corrected chi connectivity index (χ0v) is 16.8. The third-order valence-corrected chi connectivity index (χ3v) is 5.62. The van der Waals surface area contributed by atoms with Crippen molar-refractivity contribution in [1.82, 2.24) is 4.90 Å². The summed E-state index contributed by atoms with van der Waals surface area (Å²) in [5, 5.41) is 12.6. The number of aliphatic hydroxyl groups is 1. The molecule has 0 saturated heterocycles. The number of rotatable bonds is 4. The smallest absolute Gasteiger partial charge is 0.290 e. The second-order valence-electron chi connectivity index (χ2n) is 6.84. The first-order valence-corrected chi connectivity index (χ1v) is 9.74. The molecule has 0 spiro atoms. The molecule has 0 radical (unpaired) electrons. The van der Waals surface area contributed by atoms with Crippen molar-refractivity contribution in [3.8, 4) is 0 Å². The maximum Gasteiger partial charge on any atom is 0.290 e. The Morgan fingerprint density at radius 2 is 1.71 bits per heavy atom. The maximum absolute atomic E-state index is 12.9. The summed E-state index contributed by atoms with van der Waals surface area (Å²) < 4.78 is 0.902. The minimum atomic E-state index is -0.614. The Hall–Kier alpha value is -2.92. The number of hydrogen-bond acceptors (Lipinski definition) is 3. The van der Waals surface area contributed by atoms with Crippen molar-refractivity contribution in [2.24, 2.45) is 0 Å². The maximum atomic E-state index is 12.9. The van der Waals surface area contributed by atoms with Crippen LogP contribution in [0.5, 0.6) is 0 Å². The average molecular weight is 436 g/mol. The number of hydrogen-bond donors (Lipinski definition) is 1. The second-order valence-corrected chi connectivity index (χ2v) is 7.76. The van der Waals surface area contributed by atoms with Gasteiger partial charge in [0.15, 0.2) is 11.5 Å². The van der Waals surface area contributed by atoms with Gasteiger partial charge in [-0.2, -0.15) is 0 Å². The van der Waals surface area contributed by atoms with Gasteiger partial charge < -0.3 is 10.0 Å². The van der Waals surface area contributed by atoms with E-state index < -0.39 is 17.7 Å². The van der Waals surface area contributed by atoms with Crippen LogP contribution in [0.2, 0.25) is 0 Å². The quantitative estimate of drug-likeness (QED) is 0.620. The third-order valence-electron chi connectivity index (χ3n) is 5.09. The highest BCUT2D eigenvalue weighted by Gasteiger charge is 2.42. The number of benzene rings is 3. The molecule has 3 aromatic rings. The van der Waals surface area contributed by atoms with E-state index in [1.807, 2.05) is 66.7 Å². The van der Waals surface area contributed by atoms with E-state index in [0.29, 0.717) is 6.54 Å². The van der Waals surface area contributed by atoms with E-state index in [0.717, 1.165) is 26.4 Å². The van der Waals surface area contributed by atoms with E-state index in [4.69, 9.17) is 0 Å². The molecule has 0 bridgehead atoms. The summed E-state index contributed by atoms with van der Waals surface area (Å²) in [7, 11) is 0. The molecular formula is C23H18BrNO3. The van der Waals surface area contributed by atoms with Crippen LogP contribution in [0, 0.1) is 0 Å². The topological polar surface area (TPSA) is 57.6 Å². The lowest BCUT2D eigenvalue weighted by atomic mass is 9.96. The average Bonchev–Trinajstić information content (AvgIpc) is 2.94. The van der Waals surface area contributed by atoms with Crippen LogP contribution in [0.15, 0.2) is 82.5 Å². The van der Waals surface area contributed by atoms with Crippen LogP contribution in [-0.4, -0.2) is 21.7 Å². The first-order valence-electron chi connectivity index (χ1n) is 8.94. The van der Waals surface area contributed by atoms with Gasteiger partial charge in [0, 0.05) is 11.0 Å². The van der Waals surface area contributed by atoms with Crippen molar-refractivity contribution in [1.29, 1.82) is 0 Å². The molecule has 1 unspecified atom stereocenters. The van der Waals surface area contributed by atoms with Crippen molar-refractivity contribution in [3.05, 3.63) is 93.7 Å². The summed E-state index contributed by atoms with van der Waals surface area (Å²) >= 11 is 3.41. The number of Topliss-reactive ketones (excluding diaryl/α,β-unsaturated/α-hetero) is 1. The molecule has 1 atom stereocenters. The molecule has 1 aliphatic rings. The van der Waals surface area contributed by atoms with Crippen LogP contribution in [0.3, 0.4) is 0 Å². The summed E-state index contributed by atoms with van der Waals surface area (Å²) in [4.78, 5) is 26.7. The highest BCUT2D eigenvalue weighted by Crippen LogP contribution is 2.39. The Labute approximate surface area is 171 Å². The predicted molar refractivity (Wildman–Crippen MR) is 112 cm³/mol. The molecule has 0 aromatic heterocycles. The van der Waals surface area contributed by atoms with Gasteiger partial charge in [-0.25, -0.2) is 0 Å². The number of carbonyl (C=O) groups excluding carboxylic acids is 2. The second kappa shape index (κ2) is 7.24. The van der Waals surface area contributed by atoms with E-state index >= 15 is 0 Å². The molecule has 4 rings (SSSR count). The monoisotopic (exact) mass is 435 g/mol. The van der Waals surface area contributed by atoms with Crippen molar-refractivity contribution in [2.45, 2.75) is 19.5 Å². The zero-order valence-electron chi connectivity index (χ0n) is 15.2. The highest BCUT2D eigenvalue weighted by atomic mass is 79.9. The van der Waals surface area contributed by atoms with Crippen LogP contribution in [0.4, 0.5) is 0 Å². The third kappa shape index (κ3) is 3.12. The fourth-order valence-electron chi connectivity index (χ4n) is 3.78. The van der Waals surface area contributed by atoms with Crippen LogP contribution in [-0.2, 0) is 16.1 Å². The van der Waals surface area contributed by atoms with E-state index in [1.54, 1.807) is 4.90 Å². The van der Waals surface area contributed by atoms with Crippen LogP contribution >= 0.6 is 15.9 Å². The molecular weight excluding hydrogens is 418 g/mol. The van der Waals surface area contributed by atoms with Gasteiger partial charge in [0.1, 0.15) is 0 Å². The van der Waals surface area contributed by atoms with Gasteiger partial charge in [-0.05, 0) is 41.0 Å². The van der Waals surface area contributed by atoms with E-state index in [9.17, 15) is 14.7 Å². The summed E-state index contributed by atoms with van der Waals surface area (Å²) in [6.45, 7) is 1.67. The van der Waals surface area contributed by atoms with Crippen molar-refractivity contribution in [2.75, 3.05) is 0 Å². The Balaban J connectivity index is 1.81. The van der Waals surface area contributed by atoms with Crippen LogP contribution in [0.1, 0.15) is 24.1 Å². The Bertz CT molecular complexity index is 1110. The molecule has 1 amide bonds. The molecule has 28 heavy (non-hydrogen) atoms. The number of ketones is 1. The molecule has 4 nitrogen and oxygen atoms in total. The fraction of sp³-hybridized carbons (Fsp3) is 0.130. The molecule has 1 aliphatic heterocycles. The number of nitrogens with zero attached hydrogens (tertiary/aromatic N) is 1. The SMILES string of the molecule is CC(=O)C1=C(O)C(=O)N(Cc2cccc3ccccc23)C1c1ccc(Br)cc1. The number of fused-ring (bicyclic) bond motifs is 1. The first-order chi connectivity index (χ1) is 13.5. The van der Waals surface area contributed by atoms with Gasteiger partial charge in [-0.15, -0.1) is 0 Å². The van der Waals surface area contributed by atoms with Crippen LogP contribution < -0.4 is 0 Å². The Morgan fingerprint density at radius 1 is 1.04 bits per heavy atom. The fourth-order valence-corrected chi connectivity index (χ4v) is 4.05. The van der Waals surface area contributed by atoms with Gasteiger partial charge in [0.2, 0.25) is 0 Å². The number of carbonyl (C=O) groups is 2. The Morgan fingerprint density at radius 3 is 2.43 bits per heavy atom.